The van der Waals surface area contributed by atoms with Crippen LogP contribution in [0.2, 0.25) is 0 Å². The minimum absolute atomic E-state index is 0.0258. The highest BCUT2D eigenvalue weighted by molar-refractivity contribution is 7.89. The van der Waals surface area contributed by atoms with Crippen molar-refractivity contribution in [2.75, 3.05) is 18.8 Å². The highest BCUT2D eigenvalue weighted by Gasteiger charge is 2.32. The number of para-hydroxylation sites is 1. The molecule has 0 atom stereocenters. The van der Waals surface area contributed by atoms with Gasteiger partial charge in [0.15, 0.2) is 0 Å². The number of nitrogens with two attached hydrogens (primary N) is 1. The molecule has 178 valence electrons. The number of hydrogen-bond acceptors (Lipinski definition) is 5. The Labute approximate surface area is 201 Å². The predicted octanol–water partition coefficient (Wildman–Crippen LogP) is 4.17. The number of rotatable bonds is 4. The monoisotopic (exact) mass is 490 g/mol. The first-order valence-electron chi connectivity index (χ1n) is 11.4. The number of aromatic nitrogens is 4. The lowest BCUT2D eigenvalue weighted by Gasteiger charge is -2.30. The number of aromatic amines is 1. The number of imidazole rings is 1. The molecule has 10 heteroatoms. The van der Waals surface area contributed by atoms with Crippen LogP contribution in [0.4, 0.5) is 10.2 Å². The second kappa shape index (κ2) is 8.17. The first-order chi connectivity index (χ1) is 16.9. The zero-order valence-electron chi connectivity index (χ0n) is 18.7. The average molecular weight is 491 g/mol. The number of nitrogens with one attached hydrogen (secondary N) is 1. The summed E-state index contributed by atoms with van der Waals surface area (Å²) in [7, 11) is -3.76. The number of anilines is 1. The van der Waals surface area contributed by atoms with Crippen LogP contribution in [0.15, 0.2) is 71.9 Å². The number of hydrogen-bond donors (Lipinski definition) is 2. The Morgan fingerprint density at radius 2 is 1.86 bits per heavy atom. The minimum atomic E-state index is -3.76. The molecule has 2 aromatic carbocycles. The van der Waals surface area contributed by atoms with Gasteiger partial charge in [0, 0.05) is 42.3 Å². The normalized spacial score (nSPS) is 15.8. The van der Waals surface area contributed by atoms with Crippen molar-refractivity contribution in [3.63, 3.8) is 0 Å². The highest BCUT2D eigenvalue weighted by Crippen LogP contribution is 2.36. The van der Waals surface area contributed by atoms with Crippen LogP contribution >= 0.6 is 0 Å². The van der Waals surface area contributed by atoms with Crippen LogP contribution in [0.3, 0.4) is 0 Å². The summed E-state index contributed by atoms with van der Waals surface area (Å²) in [5.41, 5.74) is 9.58. The SMILES string of the molecule is Nc1nccn2c(C3CCN(S(=O)(=O)c4cccc(F)c4)CC3)nc(-c3cc4ccccc4[nH]3)c12. The number of H-pyrrole nitrogens is 1. The molecule has 0 unspecified atom stereocenters. The fourth-order valence-electron chi connectivity index (χ4n) is 4.89. The molecule has 0 radical (unpaired) electrons. The number of benzene rings is 2. The molecule has 1 fully saturated rings. The first kappa shape index (κ1) is 21.8. The van der Waals surface area contributed by atoms with E-state index in [2.05, 4.69) is 9.97 Å². The van der Waals surface area contributed by atoms with Gasteiger partial charge in [0.1, 0.15) is 28.7 Å². The third kappa shape index (κ3) is 3.65. The topological polar surface area (TPSA) is 109 Å². The van der Waals surface area contributed by atoms with Gasteiger partial charge in [0.25, 0.3) is 0 Å². The smallest absolute Gasteiger partial charge is 0.243 e. The number of nitrogens with zero attached hydrogens (tertiary/aromatic N) is 4. The van der Waals surface area contributed by atoms with E-state index < -0.39 is 15.8 Å². The quantitative estimate of drug-likeness (QED) is 0.393. The number of nitrogen functional groups attached to an aromatic ring is 1. The molecule has 1 aliphatic rings. The van der Waals surface area contributed by atoms with E-state index in [-0.39, 0.29) is 10.8 Å². The summed E-state index contributed by atoms with van der Waals surface area (Å²) in [6, 6.07) is 15.2. The van der Waals surface area contributed by atoms with Crippen molar-refractivity contribution < 1.29 is 12.8 Å². The molecule has 0 amide bonds. The molecule has 35 heavy (non-hydrogen) atoms. The van der Waals surface area contributed by atoms with Crippen molar-refractivity contribution in [3.05, 3.63) is 78.6 Å². The van der Waals surface area contributed by atoms with Crippen LogP contribution < -0.4 is 5.73 Å². The Kier molecular flexibility index (Phi) is 5.08. The second-order valence-electron chi connectivity index (χ2n) is 8.76. The molecule has 4 heterocycles. The maximum absolute atomic E-state index is 13.6. The third-order valence-electron chi connectivity index (χ3n) is 6.65. The van der Waals surface area contributed by atoms with E-state index in [0.717, 1.165) is 39.7 Å². The lowest BCUT2D eigenvalue weighted by Crippen LogP contribution is -2.38. The minimum Gasteiger partial charge on any atom is -0.382 e. The molecule has 3 aromatic heterocycles. The first-order valence-corrected chi connectivity index (χ1v) is 12.8. The van der Waals surface area contributed by atoms with Gasteiger partial charge in [0.2, 0.25) is 10.0 Å². The van der Waals surface area contributed by atoms with Crippen LogP contribution in [0.1, 0.15) is 24.6 Å². The Balaban J connectivity index is 1.34. The van der Waals surface area contributed by atoms with E-state index in [0.29, 0.717) is 31.7 Å². The molecule has 0 saturated carbocycles. The number of fused-ring (bicyclic) bond motifs is 2. The number of sulfonamides is 1. The van der Waals surface area contributed by atoms with Gasteiger partial charge in [-0.05, 0) is 43.2 Å². The Hall–Kier alpha value is -3.76. The summed E-state index contributed by atoms with van der Waals surface area (Å²) in [5.74, 6) is 0.665. The lowest BCUT2D eigenvalue weighted by atomic mass is 9.97. The van der Waals surface area contributed by atoms with Crippen LogP contribution in [0.25, 0.3) is 27.8 Å². The zero-order chi connectivity index (χ0) is 24.2. The number of halogens is 1. The van der Waals surface area contributed by atoms with Gasteiger partial charge in [-0.1, -0.05) is 24.3 Å². The van der Waals surface area contributed by atoms with Crippen LogP contribution in [-0.2, 0) is 10.0 Å². The highest BCUT2D eigenvalue weighted by atomic mass is 32.2. The molecule has 6 rings (SSSR count). The van der Waals surface area contributed by atoms with Gasteiger partial charge in [-0.25, -0.2) is 22.8 Å². The van der Waals surface area contributed by atoms with Crippen molar-refractivity contribution in [2.24, 2.45) is 0 Å². The van der Waals surface area contributed by atoms with Gasteiger partial charge >= 0.3 is 0 Å². The summed E-state index contributed by atoms with van der Waals surface area (Å²) in [6.07, 6.45) is 4.66. The van der Waals surface area contributed by atoms with E-state index >= 15 is 0 Å². The van der Waals surface area contributed by atoms with Gasteiger partial charge in [-0.3, -0.25) is 4.40 Å². The fraction of sp³-hybridized carbons (Fsp3) is 0.200. The molecule has 0 aliphatic carbocycles. The van der Waals surface area contributed by atoms with Crippen molar-refractivity contribution in [1.29, 1.82) is 0 Å². The van der Waals surface area contributed by atoms with E-state index in [9.17, 15) is 12.8 Å². The number of piperidine rings is 1. The summed E-state index contributed by atoms with van der Waals surface area (Å²) in [5, 5.41) is 1.07. The maximum Gasteiger partial charge on any atom is 0.243 e. The third-order valence-corrected chi connectivity index (χ3v) is 8.54. The van der Waals surface area contributed by atoms with Crippen LogP contribution in [-0.4, -0.2) is 45.2 Å². The van der Waals surface area contributed by atoms with E-state index in [1.54, 1.807) is 6.20 Å². The predicted molar refractivity (Wildman–Crippen MR) is 132 cm³/mol. The zero-order valence-corrected chi connectivity index (χ0v) is 19.5. The molecular weight excluding hydrogens is 467 g/mol. The molecule has 1 aliphatic heterocycles. The van der Waals surface area contributed by atoms with E-state index in [1.807, 2.05) is 40.9 Å². The van der Waals surface area contributed by atoms with Gasteiger partial charge in [-0.2, -0.15) is 4.31 Å². The molecule has 0 bridgehead atoms. The van der Waals surface area contributed by atoms with Gasteiger partial charge in [-0.15, -0.1) is 0 Å². The molecule has 1 saturated heterocycles. The van der Waals surface area contributed by atoms with Gasteiger partial charge in [0.05, 0.1) is 10.6 Å². The molecule has 5 aromatic rings. The molecule has 0 spiro atoms. The average Bonchev–Trinajstić information content (AvgIpc) is 3.47. The summed E-state index contributed by atoms with van der Waals surface area (Å²) < 4.78 is 43.1. The Morgan fingerprint density at radius 1 is 1.06 bits per heavy atom. The van der Waals surface area contributed by atoms with Crippen molar-refractivity contribution in [2.45, 2.75) is 23.7 Å². The van der Waals surface area contributed by atoms with Crippen molar-refractivity contribution in [3.8, 4) is 11.4 Å². The van der Waals surface area contributed by atoms with Crippen molar-refractivity contribution in [1.82, 2.24) is 23.7 Å². The standard InChI is InChI=1S/C25H23FN6O2S/c26-18-5-3-6-19(15-18)35(33,34)31-11-8-16(9-12-31)25-30-22(23-24(27)28-10-13-32(23)25)21-14-17-4-1-2-7-20(17)29-21/h1-7,10,13-16,29H,8-9,11-12H2,(H2,27,28). The summed E-state index contributed by atoms with van der Waals surface area (Å²) in [4.78, 5) is 12.7. The van der Waals surface area contributed by atoms with Crippen molar-refractivity contribution >= 4 is 32.3 Å². The van der Waals surface area contributed by atoms with E-state index in [4.69, 9.17) is 10.7 Å². The molecular formula is C25H23FN6O2S. The summed E-state index contributed by atoms with van der Waals surface area (Å²) >= 11 is 0. The largest absolute Gasteiger partial charge is 0.382 e. The molecule has 3 N–H and O–H groups in total. The van der Waals surface area contributed by atoms with E-state index in [1.165, 1.54) is 22.5 Å². The van der Waals surface area contributed by atoms with Crippen LogP contribution in [0.5, 0.6) is 0 Å². The van der Waals surface area contributed by atoms with Gasteiger partial charge < -0.3 is 10.7 Å². The second-order valence-corrected chi connectivity index (χ2v) is 10.7. The Morgan fingerprint density at radius 3 is 2.63 bits per heavy atom. The lowest BCUT2D eigenvalue weighted by molar-refractivity contribution is 0.313. The van der Waals surface area contributed by atoms with Crippen LogP contribution in [0, 0.1) is 5.82 Å². The fourth-order valence-corrected chi connectivity index (χ4v) is 6.40. The summed E-state index contributed by atoms with van der Waals surface area (Å²) in [6.45, 7) is 0.640. The maximum atomic E-state index is 13.6. The Bertz CT molecular complexity index is 1640. The molecule has 8 nitrogen and oxygen atoms in total.